The van der Waals surface area contributed by atoms with Crippen LogP contribution in [0.4, 0.5) is 0 Å². The van der Waals surface area contributed by atoms with Gasteiger partial charge in [0.15, 0.2) is 0 Å². The number of aliphatic hydroxyl groups excluding tert-OH is 1. The summed E-state index contributed by atoms with van der Waals surface area (Å²) < 4.78 is 0. The van der Waals surface area contributed by atoms with Crippen LogP contribution in [0.15, 0.2) is 0 Å². The molecule has 25 heavy (non-hydrogen) atoms. The van der Waals surface area contributed by atoms with Gasteiger partial charge in [-0.1, -0.05) is 117 Å². The summed E-state index contributed by atoms with van der Waals surface area (Å²) >= 11 is 0. The molecule has 0 saturated carbocycles. The van der Waals surface area contributed by atoms with Crippen molar-refractivity contribution in [1.29, 1.82) is 0 Å². The molecule has 0 aliphatic carbocycles. The highest BCUT2D eigenvalue weighted by molar-refractivity contribution is 4.83. The zero-order valence-electron chi connectivity index (χ0n) is 17.7. The minimum Gasteiger partial charge on any atom is -0.390 e. The third-order valence-electron chi connectivity index (χ3n) is 5.70. The van der Waals surface area contributed by atoms with Gasteiger partial charge < -0.3 is 10.2 Å². The van der Waals surface area contributed by atoms with E-state index in [9.17, 15) is 10.2 Å². The van der Waals surface area contributed by atoms with Crippen LogP contribution in [0.25, 0.3) is 0 Å². The molecule has 0 radical (unpaired) electrons. The Labute approximate surface area is 158 Å². The summed E-state index contributed by atoms with van der Waals surface area (Å²) in [4.78, 5) is 0. The van der Waals surface area contributed by atoms with Gasteiger partial charge in [-0.25, -0.2) is 0 Å². The molecule has 2 heteroatoms. The minimum absolute atomic E-state index is 0.610. The second kappa shape index (κ2) is 17.3. The molecule has 0 heterocycles. The molecule has 0 aromatic rings. The molecule has 0 rings (SSSR count). The summed E-state index contributed by atoms with van der Waals surface area (Å²) in [5.74, 6) is 0. The molecule has 0 aromatic heterocycles. The standard InChI is InChI=1S/C23H48O2/c1-4-6-8-10-12-13-14-15-17-19-21-23(25,22(3)24)20-18-16-11-9-7-5-2/h22,24-25H,4-21H2,1-3H3. The smallest absolute Gasteiger partial charge is 0.0902 e. The lowest BCUT2D eigenvalue weighted by atomic mass is 9.85. The van der Waals surface area contributed by atoms with Crippen molar-refractivity contribution in [3.63, 3.8) is 0 Å². The lowest BCUT2D eigenvalue weighted by Crippen LogP contribution is -2.40. The Morgan fingerprint density at radius 3 is 1.12 bits per heavy atom. The van der Waals surface area contributed by atoms with Crippen LogP contribution in [0, 0.1) is 0 Å². The summed E-state index contributed by atoms with van der Waals surface area (Å²) in [6.45, 7) is 6.26. The van der Waals surface area contributed by atoms with Gasteiger partial charge in [0.2, 0.25) is 0 Å². The Morgan fingerprint density at radius 2 is 0.840 bits per heavy atom. The van der Waals surface area contributed by atoms with E-state index in [1.54, 1.807) is 6.92 Å². The van der Waals surface area contributed by atoms with Gasteiger partial charge in [-0.2, -0.15) is 0 Å². The van der Waals surface area contributed by atoms with Crippen molar-refractivity contribution in [2.45, 2.75) is 148 Å². The summed E-state index contributed by atoms with van der Waals surface area (Å²) in [6.07, 6.45) is 21.4. The lowest BCUT2D eigenvalue weighted by Gasteiger charge is -2.31. The van der Waals surface area contributed by atoms with Crippen molar-refractivity contribution in [2.24, 2.45) is 0 Å². The predicted octanol–water partition coefficient (Wildman–Crippen LogP) is 7.16. The monoisotopic (exact) mass is 356 g/mol. The molecule has 152 valence electrons. The van der Waals surface area contributed by atoms with Crippen LogP contribution in [0.2, 0.25) is 0 Å². The lowest BCUT2D eigenvalue weighted by molar-refractivity contribution is -0.0798. The van der Waals surface area contributed by atoms with Crippen molar-refractivity contribution in [2.75, 3.05) is 0 Å². The zero-order valence-corrected chi connectivity index (χ0v) is 17.7. The maximum atomic E-state index is 10.8. The molecular weight excluding hydrogens is 308 g/mol. The quantitative estimate of drug-likeness (QED) is 0.241. The van der Waals surface area contributed by atoms with Crippen LogP contribution in [0.3, 0.4) is 0 Å². The van der Waals surface area contributed by atoms with E-state index in [0.29, 0.717) is 0 Å². The number of hydrogen-bond donors (Lipinski definition) is 2. The Hall–Kier alpha value is -0.0800. The molecule has 2 unspecified atom stereocenters. The highest BCUT2D eigenvalue weighted by Gasteiger charge is 2.31. The molecule has 0 aromatic carbocycles. The van der Waals surface area contributed by atoms with Crippen LogP contribution in [0.1, 0.15) is 136 Å². The Morgan fingerprint density at radius 1 is 0.560 bits per heavy atom. The highest BCUT2D eigenvalue weighted by Crippen LogP contribution is 2.26. The molecule has 0 saturated heterocycles. The van der Waals surface area contributed by atoms with E-state index in [0.717, 1.165) is 25.7 Å². The Balaban J connectivity index is 3.67. The van der Waals surface area contributed by atoms with E-state index in [1.165, 1.54) is 89.9 Å². The topological polar surface area (TPSA) is 40.5 Å². The van der Waals surface area contributed by atoms with Crippen molar-refractivity contribution >= 4 is 0 Å². The third kappa shape index (κ3) is 14.7. The molecule has 2 nitrogen and oxygen atoms in total. The van der Waals surface area contributed by atoms with E-state index >= 15 is 0 Å². The fraction of sp³-hybridized carbons (Fsp3) is 1.00. The molecule has 0 aliphatic rings. The van der Waals surface area contributed by atoms with Crippen molar-refractivity contribution in [3.8, 4) is 0 Å². The van der Waals surface area contributed by atoms with Gasteiger partial charge in [0, 0.05) is 0 Å². The maximum Gasteiger partial charge on any atom is 0.0902 e. The Kier molecular flexibility index (Phi) is 17.3. The second-order valence-corrected chi connectivity index (χ2v) is 8.23. The van der Waals surface area contributed by atoms with Gasteiger partial charge in [-0.05, 0) is 19.8 Å². The fourth-order valence-electron chi connectivity index (χ4n) is 3.67. The van der Waals surface area contributed by atoms with E-state index < -0.39 is 11.7 Å². The second-order valence-electron chi connectivity index (χ2n) is 8.23. The largest absolute Gasteiger partial charge is 0.390 e. The highest BCUT2D eigenvalue weighted by atomic mass is 16.3. The molecular formula is C23H48O2. The first-order chi connectivity index (χ1) is 12.1. The number of hydrogen-bond acceptors (Lipinski definition) is 2. The van der Waals surface area contributed by atoms with Crippen LogP contribution in [-0.4, -0.2) is 21.9 Å². The summed E-state index contributed by atoms with van der Waals surface area (Å²) in [5.41, 5.74) is -0.856. The average Bonchev–Trinajstić information content (AvgIpc) is 2.59. The zero-order chi connectivity index (χ0) is 18.8. The molecule has 0 fully saturated rings. The molecule has 2 atom stereocenters. The molecule has 0 amide bonds. The van der Waals surface area contributed by atoms with Gasteiger partial charge in [0.05, 0.1) is 11.7 Å². The van der Waals surface area contributed by atoms with E-state index in [4.69, 9.17) is 0 Å². The van der Waals surface area contributed by atoms with E-state index in [1.807, 2.05) is 0 Å². The normalized spacial score (nSPS) is 15.2. The van der Waals surface area contributed by atoms with Gasteiger partial charge >= 0.3 is 0 Å². The van der Waals surface area contributed by atoms with Crippen LogP contribution < -0.4 is 0 Å². The van der Waals surface area contributed by atoms with Crippen LogP contribution >= 0.6 is 0 Å². The van der Waals surface area contributed by atoms with Crippen molar-refractivity contribution in [3.05, 3.63) is 0 Å². The van der Waals surface area contributed by atoms with Crippen LogP contribution in [-0.2, 0) is 0 Å². The summed E-state index contributed by atoms with van der Waals surface area (Å²) in [6, 6.07) is 0. The first-order valence-electron chi connectivity index (χ1n) is 11.5. The molecule has 0 bridgehead atoms. The molecule has 2 N–H and O–H groups in total. The van der Waals surface area contributed by atoms with Crippen molar-refractivity contribution < 1.29 is 10.2 Å². The summed E-state index contributed by atoms with van der Waals surface area (Å²) in [5, 5.41) is 20.8. The molecule has 0 aliphatic heterocycles. The van der Waals surface area contributed by atoms with Crippen LogP contribution in [0.5, 0.6) is 0 Å². The summed E-state index contributed by atoms with van der Waals surface area (Å²) in [7, 11) is 0. The van der Waals surface area contributed by atoms with Gasteiger partial charge in [0.25, 0.3) is 0 Å². The van der Waals surface area contributed by atoms with Gasteiger partial charge in [-0.3, -0.25) is 0 Å². The predicted molar refractivity (Wildman–Crippen MR) is 111 cm³/mol. The van der Waals surface area contributed by atoms with Crippen molar-refractivity contribution in [1.82, 2.24) is 0 Å². The fourth-order valence-corrected chi connectivity index (χ4v) is 3.67. The SMILES string of the molecule is CCCCCCCCCCCCC(O)(CCCCCCCC)C(C)O. The third-order valence-corrected chi connectivity index (χ3v) is 5.70. The first-order valence-corrected chi connectivity index (χ1v) is 11.5. The maximum absolute atomic E-state index is 10.8. The van der Waals surface area contributed by atoms with Gasteiger partial charge in [-0.15, -0.1) is 0 Å². The van der Waals surface area contributed by atoms with E-state index in [2.05, 4.69) is 13.8 Å². The average molecular weight is 357 g/mol. The minimum atomic E-state index is -0.856. The number of aliphatic hydroxyl groups is 2. The number of rotatable bonds is 19. The Bertz CT molecular complexity index is 265. The van der Waals surface area contributed by atoms with Gasteiger partial charge in [0.1, 0.15) is 0 Å². The first kappa shape index (κ1) is 24.9. The molecule has 0 spiro atoms. The number of unbranched alkanes of at least 4 members (excludes halogenated alkanes) is 14. The van der Waals surface area contributed by atoms with E-state index in [-0.39, 0.29) is 0 Å².